The molecular weight excluding hydrogens is 335 g/mol. The van der Waals surface area contributed by atoms with E-state index < -0.39 is 0 Å². The number of guanidine groups is 1. The van der Waals surface area contributed by atoms with Crippen LogP contribution in [0, 0.1) is 12.7 Å². The van der Waals surface area contributed by atoms with Crippen molar-refractivity contribution in [2.24, 2.45) is 4.99 Å². The van der Waals surface area contributed by atoms with E-state index in [-0.39, 0.29) is 11.2 Å². The largest absolute Gasteiger partial charge is 0.356 e. The third-order valence-corrected chi connectivity index (χ3v) is 5.67. The molecular formula is C19H25FN4S. The second kappa shape index (κ2) is 7.95. The van der Waals surface area contributed by atoms with E-state index in [1.54, 1.807) is 30.5 Å². The summed E-state index contributed by atoms with van der Waals surface area (Å²) >= 11 is 1.71. The first-order valence-corrected chi connectivity index (χ1v) is 9.61. The van der Waals surface area contributed by atoms with E-state index in [1.165, 1.54) is 5.01 Å². The Balaban J connectivity index is 1.44. The van der Waals surface area contributed by atoms with Crippen molar-refractivity contribution in [3.05, 3.63) is 51.7 Å². The summed E-state index contributed by atoms with van der Waals surface area (Å²) in [6, 6.07) is 7.09. The first-order chi connectivity index (χ1) is 12.1. The summed E-state index contributed by atoms with van der Waals surface area (Å²) in [4.78, 5) is 8.75. The molecule has 0 amide bonds. The molecule has 2 aromatic rings. The van der Waals surface area contributed by atoms with Crippen LogP contribution in [0.1, 0.15) is 35.5 Å². The fraction of sp³-hybridized carbons (Fsp3) is 0.474. The number of aromatic nitrogens is 1. The average Bonchev–Trinajstić information content (AvgIpc) is 3.29. The highest BCUT2D eigenvalue weighted by Crippen LogP contribution is 2.48. The maximum atomic E-state index is 14.1. The minimum absolute atomic E-state index is 0.0820. The Morgan fingerprint density at radius 2 is 2.12 bits per heavy atom. The number of hydrogen-bond acceptors (Lipinski definition) is 3. The zero-order valence-electron chi connectivity index (χ0n) is 14.8. The maximum absolute atomic E-state index is 14.1. The molecule has 3 rings (SSSR count). The predicted molar refractivity (Wildman–Crippen MR) is 102 cm³/mol. The van der Waals surface area contributed by atoms with E-state index in [9.17, 15) is 4.39 Å². The van der Waals surface area contributed by atoms with E-state index >= 15 is 0 Å². The summed E-state index contributed by atoms with van der Waals surface area (Å²) in [5.74, 6) is 0.668. The Hall–Kier alpha value is -1.95. The van der Waals surface area contributed by atoms with Gasteiger partial charge in [0.05, 0.1) is 5.01 Å². The number of halogens is 1. The highest BCUT2D eigenvalue weighted by atomic mass is 32.1. The molecule has 0 spiro atoms. The van der Waals surface area contributed by atoms with E-state index in [4.69, 9.17) is 0 Å². The van der Waals surface area contributed by atoms with Gasteiger partial charge in [0.2, 0.25) is 0 Å². The van der Waals surface area contributed by atoms with Crippen molar-refractivity contribution < 1.29 is 4.39 Å². The molecule has 1 aliphatic carbocycles. The van der Waals surface area contributed by atoms with Gasteiger partial charge in [0.15, 0.2) is 5.96 Å². The van der Waals surface area contributed by atoms with Gasteiger partial charge in [-0.3, -0.25) is 4.99 Å². The minimum atomic E-state index is -0.108. The number of thiazole rings is 1. The van der Waals surface area contributed by atoms with Gasteiger partial charge in [-0.15, -0.1) is 11.3 Å². The molecule has 1 fully saturated rings. The van der Waals surface area contributed by atoms with Crippen molar-refractivity contribution in [3.8, 4) is 0 Å². The van der Waals surface area contributed by atoms with Crippen molar-refractivity contribution in [2.45, 2.75) is 38.0 Å². The van der Waals surface area contributed by atoms with E-state index in [0.717, 1.165) is 49.4 Å². The van der Waals surface area contributed by atoms with Gasteiger partial charge in [-0.05, 0) is 37.8 Å². The number of nitrogens with zero attached hydrogens (tertiary/aromatic N) is 2. The highest BCUT2D eigenvalue weighted by molar-refractivity contribution is 7.09. The lowest BCUT2D eigenvalue weighted by molar-refractivity contribution is 0.559. The van der Waals surface area contributed by atoms with E-state index in [2.05, 4.69) is 26.0 Å². The molecule has 0 unspecified atom stereocenters. The van der Waals surface area contributed by atoms with Crippen molar-refractivity contribution in [3.63, 3.8) is 0 Å². The van der Waals surface area contributed by atoms with Gasteiger partial charge in [-0.1, -0.05) is 18.2 Å². The highest BCUT2D eigenvalue weighted by Gasteiger charge is 2.45. The summed E-state index contributed by atoms with van der Waals surface area (Å²) in [7, 11) is 1.77. The molecule has 1 aliphatic rings. The lowest BCUT2D eigenvalue weighted by Crippen LogP contribution is -2.41. The predicted octanol–water partition coefficient (Wildman–Crippen LogP) is 3.42. The monoisotopic (exact) mass is 360 g/mol. The number of benzene rings is 1. The normalized spacial score (nSPS) is 15.9. The molecule has 1 saturated carbocycles. The first kappa shape index (κ1) is 17.9. The van der Waals surface area contributed by atoms with Gasteiger partial charge >= 0.3 is 0 Å². The van der Waals surface area contributed by atoms with Gasteiger partial charge in [0, 0.05) is 43.0 Å². The van der Waals surface area contributed by atoms with Gasteiger partial charge in [-0.2, -0.15) is 0 Å². The molecule has 1 aromatic carbocycles. The number of aryl methyl sites for hydroxylation is 2. The number of rotatable bonds is 7. The number of hydrogen-bond donors (Lipinski definition) is 2. The van der Waals surface area contributed by atoms with Gasteiger partial charge < -0.3 is 10.6 Å². The van der Waals surface area contributed by atoms with Gasteiger partial charge in [0.25, 0.3) is 0 Å². The van der Waals surface area contributed by atoms with Gasteiger partial charge in [0.1, 0.15) is 5.82 Å². The summed E-state index contributed by atoms with van der Waals surface area (Å²) in [6.45, 7) is 3.57. The average molecular weight is 361 g/mol. The molecule has 1 heterocycles. The van der Waals surface area contributed by atoms with Crippen LogP contribution in [0.4, 0.5) is 4.39 Å². The smallest absolute Gasteiger partial charge is 0.191 e. The third kappa shape index (κ3) is 4.57. The number of aliphatic imine (C=N–C) groups is 1. The fourth-order valence-electron chi connectivity index (χ4n) is 3.02. The molecule has 0 atom stereocenters. The SMILES string of the molecule is CN=C(NCCCc1nc(C)cs1)NCC1(c2ccccc2F)CC1. The lowest BCUT2D eigenvalue weighted by Gasteiger charge is -2.19. The molecule has 0 saturated heterocycles. The Bertz CT molecular complexity index is 737. The molecule has 4 nitrogen and oxygen atoms in total. The quantitative estimate of drug-likeness (QED) is 0.452. The standard InChI is InChI=1S/C19H25FN4S/c1-14-12-25-17(24-14)8-5-11-22-18(21-2)23-13-19(9-10-19)15-6-3-4-7-16(15)20/h3-4,6-7,12H,5,8-11,13H2,1-2H3,(H2,21,22,23). The summed E-state index contributed by atoms with van der Waals surface area (Å²) < 4.78 is 14.1. The summed E-state index contributed by atoms with van der Waals surface area (Å²) in [6.07, 6.45) is 4.01. The van der Waals surface area contributed by atoms with Crippen molar-refractivity contribution >= 4 is 17.3 Å². The zero-order chi connectivity index (χ0) is 17.7. The summed E-state index contributed by atoms with van der Waals surface area (Å²) in [5.41, 5.74) is 1.83. The van der Waals surface area contributed by atoms with Crippen LogP contribution in [0.5, 0.6) is 0 Å². The minimum Gasteiger partial charge on any atom is -0.356 e. The second-order valence-corrected chi connectivity index (χ2v) is 7.54. The van der Waals surface area contributed by atoms with Crippen molar-refractivity contribution in [1.29, 1.82) is 0 Å². The molecule has 134 valence electrons. The third-order valence-electron chi connectivity index (χ3n) is 4.64. The van der Waals surface area contributed by atoms with Crippen LogP contribution in [0.2, 0.25) is 0 Å². The van der Waals surface area contributed by atoms with Crippen LogP contribution in [0.3, 0.4) is 0 Å². The topological polar surface area (TPSA) is 49.3 Å². The molecule has 1 aromatic heterocycles. The Morgan fingerprint density at radius 1 is 1.32 bits per heavy atom. The van der Waals surface area contributed by atoms with Crippen LogP contribution in [0.15, 0.2) is 34.6 Å². The van der Waals surface area contributed by atoms with Crippen molar-refractivity contribution in [2.75, 3.05) is 20.1 Å². The molecule has 0 radical (unpaired) electrons. The van der Waals surface area contributed by atoms with E-state index in [0.29, 0.717) is 6.54 Å². The zero-order valence-corrected chi connectivity index (χ0v) is 15.6. The maximum Gasteiger partial charge on any atom is 0.191 e. The second-order valence-electron chi connectivity index (χ2n) is 6.60. The lowest BCUT2D eigenvalue weighted by atomic mass is 9.95. The van der Waals surface area contributed by atoms with Crippen LogP contribution in [-0.2, 0) is 11.8 Å². The van der Waals surface area contributed by atoms with E-state index in [1.807, 2.05) is 19.1 Å². The molecule has 0 bridgehead atoms. The Morgan fingerprint density at radius 3 is 2.76 bits per heavy atom. The summed E-state index contributed by atoms with van der Waals surface area (Å²) in [5, 5.41) is 9.96. The Kier molecular flexibility index (Phi) is 5.68. The Labute approximate surface area is 152 Å². The molecule has 25 heavy (non-hydrogen) atoms. The van der Waals surface area contributed by atoms with Crippen LogP contribution in [0.25, 0.3) is 0 Å². The number of nitrogens with one attached hydrogen (secondary N) is 2. The fourth-order valence-corrected chi connectivity index (χ4v) is 3.84. The molecule has 6 heteroatoms. The first-order valence-electron chi connectivity index (χ1n) is 8.73. The van der Waals surface area contributed by atoms with Crippen LogP contribution in [-0.4, -0.2) is 31.1 Å². The van der Waals surface area contributed by atoms with Crippen LogP contribution >= 0.6 is 11.3 Å². The molecule has 2 N–H and O–H groups in total. The van der Waals surface area contributed by atoms with Crippen molar-refractivity contribution in [1.82, 2.24) is 15.6 Å². The molecule has 0 aliphatic heterocycles. The van der Waals surface area contributed by atoms with Crippen LogP contribution < -0.4 is 10.6 Å². The van der Waals surface area contributed by atoms with Gasteiger partial charge in [-0.25, -0.2) is 9.37 Å².